The summed E-state index contributed by atoms with van der Waals surface area (Å²) in [6.07, 6.45) is 1.88. The Hall–Kier alpha value is -6.20. The molecule has 0 saturated heterocycles. The van der Waals surface area contributed by atoms with Crippen LogP contribution in [0.2, 0.25) is 0 Å². The summed E-state index contributed by atoms with van der Waals surface area (Å²) in [6.45, 7) is 0. The lowest BCUT2D eigenvalue weighted by molar-refractivity contribution is 0.654. The van der Waals surface area contributed by atoms with E-state index in [2.05, 4.69) is 89.9 Å². The summed E-state index contributed by atoms with van der Waals surface area (Å²) in [5, 5.41) is 6.65. The third-order valence-corrected chi connectivity index (χ3v) is 8.37. The van der Waals surface area contributed by atoms with Gasteiger partial charge in [-0.3, -0.25) is 0 Å². The first-order valence-electron chi connectivity index (χ1n) is 14.9. The number of benzene rings is 6. The minimum absolute atomic E-state index is 0.634. The number of furan rings is 1. The molecule has 9 aromatic rings. The highest BCUT2D eigenvalue weighted by Gasteiger charge is 2.15. The molecule has 0 saturated carbocycles. The SMILES string of the molecule is c1ccc(-c2nc(-c3ccc(-c4ccc5cnc6oc7ccccc7c6c5c4)cc3)nc(-c3ccc4ccccc4c3)n2)cc1. The molecule has 210 valence electrons. The van der Waals surface area contributed by atoms with E-state index in [1.807, 2.05) is 60.8 Å². The van der Waals surface area contributed by atoms with E-state index in [9.17, 15) is 0 Å². The maximum absolute atomic E-state index is 6.04. The predicted molar refractivity (Wildman–Crippen MR) is 182 cm³/mol. The number of pyridine rings is 1. The number of fused-ring (bicyclic) bond motifs is 6. The zero-order valence-corrected chi connectivity index (χ0v) is 24.1. The molecular weight excluding hydrogens is 552 g/mol. The molecule has 3 heterocycles. The highest BCUT2D eigenvalue weighted by Crippen LogP contribution is 2.36. The summed E-state index contributed by atoms with van der Waals surface area (Å²) in [5.74, 6) is 1.93. The molecular formula is C40H24N4O. The Balaban J connectivity index is 1.14. The van der Waals surface area contributed by atoms with E-state index in [0.29, 0.717) is 23.2 Å². The molecule has 0 atom stereocenters. The lowest BCUT2D eigenvalue weighted by Gasteiger charge is -2.10. The molecule has 0 aliphatic carbocycles. The van der Waals surface area contributed by atoms with Gasteiger partial charge in [-0.05, 0) is 45.5 Å². The first kappa shape index (κ1) is 25.3. The van der Waals surface area contributed by atoms with Crippen LogP contribution in [0.25, 0.3) is 88.9 Å². The number of hydrogen-bond acceptors (Lipinski definition) is 5. The van der Waals surface area contributed by atoms with Crippen LogP contribution < -0.4 is 0 Å². The van der Waals surface area contributed by atoms with E-state index in [0.717, 1.165) is 60.3 Å². The molecule has 0 N–H and O–H groups in total. The third-order valence-electron chi connectivity index (χ3n) is 8.37. The molecule has 45 heavy (non-hydrogen) atoms. The van der Waals surface area contributed by atoms with Gasteiger partial charge in [0.15, 0.2) is 17.5 Å². The van der Waals surface area contributed by atoms with Crippen molar-refractivity contribution in [1.29, 1.82) is 0 Å². The molecule has 5 nitrogen and oxygen atoms in total. The molecule has 0 unspecified atom stereocenters. The van der Waals surface area contributed by atoms with Crippen LogP contribution in [0.5, 0.6) is 0 Å². The Morgan fingerprint density at radius 2 is 1.00 bits per heavy atom. The molecule has 0 bridgehead atoms. The van der Waals surface area contributed by atoms with Crippen molar-refractivity contribution >= 4 is 43.6 Å². The average Bonchev–Trinajstić information content (AvgIpc) is 3.51. The van der Waals surface area contributed by atoms with Gasteiger partial charge in [0.1, 0.15) is 5.58 Å². The number of aromatic nitrogens is 4. The molecule has 0 aliphatic heterocycles. The predicted octanol–water partition coefficient (Wildman–Crippen LogP) is 10.1. The van der Waals surface area contributed by atoms with Gasteiger partial charge in [0.05, 0.1) is 5.39 Å². The summed E-state index contributed by atoms with van der Waals surface area (Å²) in [6, 6.07) is 47.7. The van der Waals surface area contributed by atoms with Gasteiger partial charge in [0.2, 0.25) is 5.71 Å². The highest BCUT2D eigenvalue weighted by molar-refractivity contribution is 6.18. The number of hydrogen-bond donors (Lipinski definition) is 0. The maximum atomic E-state index is 6.04. The van der Waals surface area contributed by atoms with Crippen LogP contribution in [0.3, 0.4) is 0 Å². The van der Waals surface area contributed by atoms with Gasteiger partial charge in [0.25, 0.3) is 0 Å². The third kappa shape index (κ3) is 4.41. The quantitative estimate of drug-likeness (QED) is 0.209. The second kappa shape index (κ2) is 10.2. The molecule has 0 spiro atoms. The molecule has 3 aromatic heterocycles. The summed E-state index contributed by atoms with van der Waals surface area (Å²) in [4.78, 5) is 19.4. The van der Waals surface area contributed by atoms with Crippen molar-refractivity contribution in [2.75, 3.05) is 0 Å². The van der Waals surface area contributed by atoms with Gasteiger partial charge in [-0.25, -0.2) is 19.9 Å². The van der Waals surface area contributed by atoms with Crippen molar-refractivity contribution in [1.82, 2.24) is 19.9 Å². The molecule has 0 fully saturated rings. The van der Waals surface area contributed by atoms with Gasteiger partial charge in [-0.1, -0.05) is 121 Å². The van der Waals surface area contributed by atoms with Gasteiger partial charge in [0, 0.05) is 33.7 Å². The Morgan fingerprint density at radius 1 is 0.400 bits per heavy atom. The molecule has 5 heteroatoms. The van der Waals surface area contributed by atoms with E-state index in [4.69, 9.17) is 19.4 Å². The zero-order valence-electron chi connectivity index (χ0n) is 24.1. The fourth-order valence-corrected chi connectivity index (χ4v) is 6.07. The molecule has 9 rings (SSSR count). The normalized spacial score (nSPS) is 11.6. The van der Waals surface area contributed by atoms with Crippen molar-refractivity contribution in [2.24, 2.45) is 0 Å². The van der Waals surface area contributed by atoms with Crippen LogP contribution in [-0.2, 0) is 0 Å². The van der Waals surface area contributed by atoms with Crippen LogP contribution in [-0.4, -0.2) is 19.9 Å². The Bertz CT molecular complexity index is 2540. The molecule has 0 amide bonds. The van der Waals surface area contributed by atoms with Crippen molar-refractivity contribution < 1.29 is 4.42 Å². The van der Waals surface area contributed by atoms with Gasteiger partial charge in [-0.15, -0.1) is 0 Å². The first-order chi connectivity index (χ1) is 22.3. The lowest BCUT2D eigenvalue weighted by atomic mass is 9.99. The second-order valence-corrected chi connectivity index (χ2v) is 11.2. The van der Waals surface area contributed by atoms with Gasteiger partial charge in [-0.2, -0.15) is 0 Å². The fourth-order valence-electron chi connectivity index (χ4n) is 6.07. The molecule has 6 aromatic carbocycles. The Kier molecular flexibility index (Phi) is 5.74. The highest BCUT2D eigenvalue weighted by atomic mass is 16.3. The monoisotopic (exact) mass is 576 g/mol. The standard InChI is InChI=1S/C40H24N4O/c1-2-9-27(10-3-1)37-42-38(44-39(43-37)31-20-16-25-8-4-5-11-29(25)22-31)28-17-14-26(15-18-28)30-19-21-32-24-41-40-36(34(32)23-30)33-12-6-7-13-35(33)45-40/h1-24H. The minimum atomic E-state index is 0.634. The van der Waals surface area contributed by atoms with Crippen LogP contribution in [0.1, 0.15) is 0 Å². The second-order valence-electron chi connectivity index (χ2n) is 11.2. The zero-order chi connectivity index (χ0) is 29.7. The van der Waals surface area contributed by atoms with Crippen LogP contribution >= 0.6 is 0 Å². The summed E-state index contributed by atoms with van der Waals surface area (Å²) in [5.41, 5.74) is 6.54. The Labute approximate surface area is 258 Å². The van der Waals surface area contributed by atoms with E-state index in [1.165, 1.54) is 5.39 Å². The fraction of sp³-hybridized carbons (Fsp3) is 0. The summed E-state index contributed by atoms with van der Waals surface area (Å²) >= 11 is 0. The van der Waals surface area contributed by atoms with Crippen LogP contribution in [0, 0.1) is 0 Å². The van der Waals surface area contributed by atoms with E-state index in [-0.39, 0.29) is 0 Å². The van der Waals surface area contributed by atoms with Crippen molar-refractivity contribution in [3.05, 3.63) is 146 Å². The number of rotatable bonds is 4. The van der Waals surface area contributed by atoms with Gasteiger partial charge >= 0.3 is 0 Å². The number of nitrogens with zero attached hydrogens (tertiary/aromatic N) is 4. The first-order valence-corrected chi connectivity index (χ1v) is 14.9. The maximum Gasteiger partial charge on any atom is 0.227 e. The summed E-state index contributed by atoms with van der Waals surface area (Å²) < 4.78 is 6.04. The number of para-hydroxylation sites is 1. The topological polar surface area (TPSA) is 64.7 Å². The average molecular weight is 577 g/mol. The smallest absolute Gasteiger partial charge is 0.227 e. The molecule has 0 aliphatic rings. The summed E-state index contributed by atoms with van der Waals surface area (Å²) in [7, 11) is 0. The van der Waals surface area contributed by atoms with E-state index < -0.39 is 0 Å². The van der Waals surface area contributed by atoms with Crippen LogP contribution in [0.15, 0.2) is 150 Å². The van der Waals surface area contributed by atoms with Crippen molar-refractivity contribution in [2.45, 2.75) is 0 Å². The molecule has 0 radical (unpaired) electrons. The van der Waals surface area contributed by atoms with E-state index >= 15 is 0 Å². The van der Waals surface area contributed by atoms with Crippen LogP contribution in [0.4, 0.5) is 0 Å². The van der Waals surface area contributed by atoms with E-state index in [1.54, 1.807) is 0 Å². The minimum Gasteiger partial charge on any atom is -0.438 e. The largest absolute Gasteiger partial charge is 0.438 e. The van der Waals surface area contributed by atoms with Crippen molar-refractivity contribution in [3.8, 4) is 45.3 Å². The lowest BCUT2D eigenvalue weighted by Crippen LogP contribution is -2.00. The van der Waals surface area contributed by atoms with Crippen molar-refractivity contribution in [3.63, 3.8) is 0 Å². The van der Waals surface area contributed by atoms with Gasteiger partial charge < -0.3 is 4.42 Å². The Morgan fingerprint density at radius 3 is 1.82 bits per heavy atom.